The maximum absolute atomic E-state index is 12.2. The van der Waals surface area contributed by atoms with Crippen LogP contribution in [0.4, 0.5) is 0 Å². The molecule has 120 valence electrons. The summed E-state index contributed by atoms with van der Waals surface area (Å²) in [5.41, 5.74) is 0. The zero-order valence-electron chi connectivity index (χ0n) is 12.7. The van der Waals surface area contributed by atoms with E-state index < -0.39 is 10.2 Å². The van der Waals surface area contributed by atoms with E-state index in [-0.39, 0.29) is 12.6 Å². The van der Waals surface area contributed by atoms with E-state index in [9.17, 15) is 13.5 Å². The molecular formula is C14H30N2O3S. The third kappa shape index (κ3) is 6.08. The van der Waals surface area contributed by atoms with Gasteiger partial charge in [-0.1, -0.05) is 45.4 Å². The minimum absolute atomic E-state index is 0.0854. The van der Waals surface area contributed by atoms with E-state index in [1.54, 1.807) is 0 Å². The molecule has 0 aromatic carbocycles. The Balaban J connectivity index is 2.26. The smallest absolute Gasteiger partial charge is 0.279 e. The van der Waals surface area contributed by atoms with E-state index in [1.807, 2.05) is 0 Å². The molecule has 1 aliphatic heterocycles. The second kappa shape index (κ2) is 9.71. The highest BCUT2D eigenvalue weighted by Crippen LogP contribution is 2.19. The highest BCUT2D eigenvalue weighted by Gasteiger charge is 2.31. The van der Waals surface area contributed by atoms with Crippen LogP contribution in [-0.2, 0) is 10.2 Å². The molecular weight excluding hydrogens is 276 g/mol. The Labute approximate surface area is 123 Å². The molecule has 1 atom stereocenters. The molecule has 0 saturated carbocycles. The molecule has 1 heterocycles. The van der Waals surface area contributed by atoms with Gasteiger partial charge in [0.15, 0.2) is 0 Å². The molecule has 0 aliphatic carbocycles. The summed E-state index contributed by atoms with van der Waals surface area (Å²) in [6.45, 7) is 3.13. The Hall–Kier alpha value is -0.170. The van der Waals surface area contributed by atoms with Crippen LogP contribution in [0.5, 0.6) is 0 Å². The molecule has 1 unspecified atom stereocenters. The predicted molar refractivity (Wildman–Crippen MR) is 81.7 cm³/mol. The first-order valence-electron chi connectivity index (χ1n) is 7.99. The number of hydrogen-bond acceptors (Lipinski definition) is 3. The van der Waals surface area contributed by atoms with Crippen molar-refractivity contribution >= 4 is 10.2 Å². The number of rotatable bonds is 10. The summed E-state index contributed by atoms with van der Waals surface area (Å²) >= 11 is 0. The van der Waals surface area contributed by atoms with Crippen LogP contribution in [0.25, 0.3) is 0 Å². The molecule has 0 amide bonds. The van der Waals surface area contributed by atoms with Crippen molar-refractivity contribution in [1.29, 1.82) is 0 Å². The lowest BCUT2D eigenvalue weighted by Crippen LogP contribution is -2.50. The lowest BCUT2D eigenvalue weighted by molar-refractivity contribution is 0.154. The average Bonchev–Trinajstić information content (AvgIpc) is 2.46. The van der Waals surface area contributed by atoms with Gasteiger partial charge in [-0.05, 0) is 19.3 Å². The lowest BCUT2D eigenvalue weighted by atomic mass is 10.1. The summed E-state index contributed by atoms with van der Waals surface area (Å²) < 4.78 is 28.5. The summed E-state index contributed by atoms with van der Waals surface area (Å²) in [5.74, 6) is 0. The third-order valence-electron chi connectivity index (χ3n) is 3.91. The molecule has 6 heteroatoms. The number of aliphatic hydroxyl groups excluding tert-OH is 1. The van der Waals surface area contributed by atoms with Crippen LogP contribution in [0, 0.1) is 0 Å². The fourth-order valence-electron chi connectivity index (χ4n) is 2.66. The van der Waals surface area contributed by atoms with E-state index in [2.05, 4.69) is 11.6 Å². The number of unbranched alkanes of at least 4 members (excludes halogenated alkanes) is 5. The van der Waals surface area contributed by atoms with Crippen molar-refractivity contribution in [1.82, 2.24) is 9.03 Å². The summed E-state index contributed by atoms with van der Waals surface area (Å²) in [4.78, 5) is 0. The Morgan fingerprint density at radius 1 is 1.15 bits per heavy atom. The van der Waals surface area contributed by atoms with Gasteiger partial charge in [0.2, 0.25) is 0 Å². The molecule has 1 saturated heterocycles. The van der Waals surface area contributed by atoms with Gasteiger partial charge in [-0.3, -0.25) is 0 Å². The number of nitrogens with one attached hydrogen (secondary N) is 1. The first-order chi connectivity index (χ1) is 9.61. The summed E-state index contributed by atoms with van der Waals surface area (Å²) in [6, 6.07) is -0.245. The molecule has 1 rings (SSSR count). The topological polar surface area (TPSA) is 69.6 Å². The van der Waals surface area contributed by atoms with Crippen LogP contribution in [0.3, 0.4) is 0 Å². The van der Waals surface area contributed by atoms with Crippen molar-refractivity contribution in [2.45, 2.75) is 70.8 Å². The van der Waals surface area contributed by atoms with E-state index in [0.717, 1.165) is 32.1 Å². The number of nitrogens with zero attached hydrogens (tertiary/aromatic N) is 1. The van der Waals surface area contributed by atoms with Crippen LogP contribution >= 0.6 is 0 Å². The summed E-state index contributed by atoms with van der Waals surface area (Å²) in [5, 5.41) is 9.28. The van der Waals surface area contributed by atoms with Gasteiger partial charge in [0.1, 0.15) is 0 Å². The number of hydrogen-bond donors (Lipinski definition) is 2. The first kappa shape index (κ1) is 17.9. The zero-order chi connectivity index (χ0) is 14.8. The third-order valence-corrected chi connectivity index (χ3v) is 5.57. The first-order valence-corrected chi connectivity index (χ1v) is 9.43. The minimum atomic E-state index is -3.42. The van der Waals surface area contributed by atoms with Crippen LogP contribution in [-0.4, -0.2) is 43.6 Å². The van der Waals surface area contributed by atoms with Gasteiger partial charge in [0, 0.05) is 19.1 Å². The van der Waals surface area contributed by atoms with E-state index >= 15 is 0 Å². The molecule has 0 spiro atoms. The molecule has 20 heavy (non-hydrogen) atoms. The molecule has 1 aliphatic rings. The fraction of sp³-hybridized carbons (Fsp3) is 1.00. The molecule has 0 radical (unpaired) electrons. The largest absolute Gasteiger partial charge is 0.395 e. The highest BCUT2D eigenvalue weighted by atomic mass is 32.2. The van der Waals surface area contributed by atoms with Gasteiger partial charge in [0.25, 0.3) is 10.2 Å². The van der Waals surface area contributed by atoms with Crippen molar-refractivity contribution in [2.75, 3.05) is 19.7 Å². The monoisotopic (exact) mass is 306 g/mol. The van der Waals surface area contributed by atoms with Gasteiger partial charge in [-0.15, -0.1) is 0 Å². The molecule has 0 aromatic heterocycles. The van der Waals surface area contributed by atoms with Crippen molar-refractivity contribution < 1.29 is 13.5 Å². The maximum Gasteiger partial charge on any atom is 0.279 e. The van der Waals surface area contributed by atoms with Gasteiger partial charge in [0.05, 0.1) is 6.61 Å². The number of aliphatic hydroxyl groups is 1. The van der Waals surface area contributed by atoms with Crippen LogP contribution < -0.4 is 4.72 Å². The van der Waals surface area contributed by atoms with Gasteiger partial charge in [-0.2, -0.15) is 12.7 Å². The molecule has 5 nitrogen and oxygen atoms in total. The van der Waals surface area contributed by atoms with Crippen molar-refractivity contribution in [3.05, 3.63) is 0 Å². The second-order valence-corrected chi connectivity index (χ2v) is 7.32. The molecule has 0 aromatic rings. The van der Waals surface area contributed by atoms with Crippen LogP contribution in [0.2, 0.25) is 0 Å². The zero-order valence-corrected chi connectivity index (χ0v) is 13.5. The number of piperidine rings is 1. The van der Waals surface area contributed by atoms with E-state index in [0.29, 0.717) is 13.1 Å². The van der Waals surface area contributed by atoms with Gasteiger partial charge < -0.3 is 5.11 Å². The van der Waals surface area contributed by atoms with Crippen molar-refractivity contribution in [2.24, 2.45) is 0 Å². The summed E-state index contributed by atoms with van der Waals surface area (Å²) in [7, 11) is -3.42. The fourth-order valence-corrected chi connectivity index (χ4v) is 4.16. The molecule has 0 bridgehead atoms. The van der Waals surface area contributed by atoms with E-state index in [1.165, 1.54) is 30.0 Å². The van der Waals surface area contributed by atoms with Crippen LogP contribution in [0.15, 0.2) is 0 Å². The van der Waals surface area contributed by atoms with Crippen molar-refractivity contribution in [3.8, 4) is 0 Å². The lowest BCUT2D eigenvalue weighted by Gasteiger charge is -2.33. The Morgan fingerprint density at radius 3 is 2.55 bits per heavy atom. The quantitative estimate of drug-likeness (QED) is 0.607. The van der Waals surface area contributed by atoms with Crippen molar-refractivity contribution in [3.63, 3.8) is 0 Å². The molecule has 2 N–H and O–H groups in total. The Bertz CT molecular complexity index is 346. The SMILES string of the molecule is CCCCCCCCNS(=O)(=O)N1CCCCC1CO. The maximum atomic E-state index is 12.2. The Morgan fingerprint density at radius 2 is 1.85 bits per heavy atom. The predicted octanol–water partition coefficient (Wildman–Crippen LogP) is 2.03. The average molecular weight is 306 g/mol. The normalized spacial score (nSPS) is 21.2. The highest BCUT2D eigenvalue weighted by molar-refractivity contribution is 7.87. The minimum Gasteiger partial charge on any atom is -0.395 e. The Kier molecular flexibility index (Phi) is 8.68. The standard InChI is InChI=1S/C14H30N2O3S/c1-2-3-4-5-6-8-11-15-20(18,19)16-12-9-7-10-14(16)13-17/h14-15,17H,2-13H2,1H3. The molecule has 1 fully saturated rings. The second-order valence-electron chi connectivity index (χ2n) is 5.61. The van der Waals surface area contributed by atoms with Gasteiger partial charge >= 0.3 is 0 Å². The summed E-state index contributed by atoms with van der Waals surface area (Å²) in [6.07, 6.45) is 9.51. The van der Waals surface area contributed by atoms with Gasteiger partial charge in [-0.25, -0.2) is 4.72 Å². The van der Waals surface area contributed by atoms with Crippen LogP contribution in [0.1, 0.15) is 64.7 Å². The van der Waals surface area contributed by atoms with E-state index in [4.69, 9.17) is 0 Å².